The fourth-order valence-corrected chi connectivity index (χ4v) is 3.68. The first-order chi connectivity index (χ1) is 9.76. The van der Waals surface area contributed by atoms with E-state index in [0.29, 0.717) is 6.61 Å². The summed E-state index contributed by atoms with van der Waals surface area (Å²) in [6.07, 6.45) is 4.29. The number of rotatable bonds is 8. The van der Waals surface area contributed by atoms with Crippen LogP contribution in [0.25, 0.3) is 0 Å². The number of hydrogen-bond donors (Lipinski definition) is 1. The lowest BCUT2D eigenvalue weighted by molar-refractivity contribution is 0.191. The van der Waals surface area contributed by atoms with Crippen LogP contribution in [0.4, 0.5) is 5.13 Å². The Kier molecular flexibility index (Phi) is 6.22. The van der Waals surface area contributed by atoms with Crippen LogP contribution in [-0.2, 0) is 15.9 Å². The highest BCUT2D eigenvalue weighted by Crippen LogP contribution is 2.36. The van der Waals surface area contributed by atoms with E-state index in [1.54, 1.807) is 25.6 Å². The van der Waals surface area contributed by atoms with E-state index in [2.05, 4.69) is 4.90 Å². The van der Waals surface area contributed by atoms with E-state index < -0.39 is 0 Å². The minimum absolute atomic E-state index is 0.174. The average molecular weight is 299 g/mol. The molecule has 114 valence electrons. The zero-order valence-corrected chi connectivity index (χ0v) is 13.2. The number of hydrogen-bond acceptors (Lipinski definition) is 6. The summed E-state index contributed by atoms with van der Waals surface area (Å²) in [6.45, 7) is 3.29. The SMILES string of the molecule is COCCCN(CCOC)c1nc2c(s1)C(N)CCC2. The van der Waals surface area contributed by atoms with Crippen LogP contribution in [-0.4, -0.2) is 45.5 Å². The molecule has 2 rings (SSSR count). The number of methoxy groups -OCH3 is 2. The van der Waals surface area contributed by atoms with Crippen molar-refractivity contribution in [2.45, 2.75) is 31.7 Å². The molecule has 0 aromatic carbocycles. The third-order valence-electron chi connectivity index (χ3n) is 3.59. The number of nitrogens with two attached hydrogens (primary N) is 1. The highest BCUT2D eigenvalue weighted by atomic mass is 32.1. The summed E-state index contributed by atoms with van der Waals surface area (Å²) in [7, 11) is 3.47. The molecule has 0 saturated carbocycles. The summed E-state index contributed by atoms with van der Waals surface area (Å²) < 4.78 is 10.3. The molecule has 0 fully saturated rings. The van der Waals surface area contributed by atoms with E-state index >= 15 is 0 Å². The van der Waals surface area contributed by atoms with Crippen LogP contribution in [0.2, 0.25) is 0 Å². The molecule has 1 aromatic rings. The molecule has 1 heterocycles. The lowest BCUT2D eigenvalue weighted by Crippen LogP contribution is -2.28. The van der Waals surface area contributed by atoms with Gasteiger partial charge in [-0.25, -0.2) is 4.98 Å². The van der Waals surface area contributed by atoms with E-state index in [4.69, 9.17) is 20.2 Å². The number of thiazole rings is 1. The zero-order valence-electron chi connectivity index (χ0n) is 12.4. The molecule has 2 N–H and O–H groups in total. The van der Waals surface area contributed by atoms with Gasteiger partial charge in [0.2, 0.25) is 0 Å². The van der Waals surface area contributed by atoms with Crippen molar-refractivity contribution in [3.63, 3.8) is 0 Å². The molecular formula is C14H25N3O2S. The maximum atomic E-state index is 6.19. The minimum atomic E-state index is 0.174. The molecular weight excluding hydrogens is 274 g/mol. The van der Waals surface area contributed by atoms with Crippen molar-refractivity contribution >= 4 is 16.5 Å². The highest BCUT2D eigenvalue weighted by Gasteiger charge is 2.23. The number of nitrogens with zero attached hydrogens (tertiary/aromatic N) is 2. The summed E-state index contributed by atoms with van der Waals surface area (Å²) in [5.74, 6) is 0. The third kappa shape index (κ3) is 3.91. The van der Waals surface area contributed by atoms with Crippen LogP contribution in [0.5, 0.6) is 0 Å². The molecule has 6 heteroatoms. The molecule has 0 aliphatic heterocycles. The van der Waals surface area contributed by atoms with Gasteiger partial charge in [-0.15, -0.1) is 0 Å². The Hall–Kier alpha value is -0.690. The largest absolute Gasteiger partial charge is 0.385 e. The van der Waals surface area contributed by atoms with E-state index in [1.165, 1.54) is 10.6 Å². The van der Waals surface area contributed by atoms with Crippen LogP contribution in [0.1, 0.15) is 35.9 Å². The molecule has 5 nitrogen and oxygen atoms in total. The van der Waals surface area contributed by atoms with Gasteiger partial charge in [-0.2, -0.15) is 0 Å². The van der Waals surface area contributed by atoms with Gasteiger partial charge in [-0.3, -0.25) is 0 Å². The molecule has 0 radical (unpaired) electrons. The van der Waals surface area contributed by atoms with Gasteiger partial charge in [-0.05, 0) is 25.7 Å². The van der Waals surface area contributed by atoms with E-state index in [1.807, 2.05) is 0 Å². The molecule has 1 unspecified atom stereocenters. The minimum Gasteiger partial charge on any atom is -0.385 e. The average Bonchev–Trinajstić information content (AvgIpc) is 2.88. The first-order valence-electron chi connectivity index (χ1n) is 7.24. The van der Waals surface area contributed by atoms with Gasteiger partial charge in [0, 0.05) is 44.8 Å². The first kappa shape index (κ1) is 15.7. The number of ether oxygens (including phenoxy) is 2. The number of anilines is 1. The van der Waals surface area contributed by atoms with Gasteiger partial charge in [0.25, 0.3) is 0 Å². The fourth-order valence-electron chi connectivity index (χ4n) is 2.48. The van der Waals surface area contributed by atoms with Gasteiger partial charge >= 0.3 is 0 Å². The monoisotopic (exact) mass is 299 g/mol. The van der Waals surface area contributed by atoms with Crippen molar-refractivity contribution in [3.05, 3.63) is 10.6 Å². The Balaban J connectivity index is 2.07. The van der Waals surface area contributed by atoms with Gasteiger partial charge in [0.1, 0.15) is 0 Å². The van der Waals surface area contributed by atoms with Crippen molar-refractivity contribution in [2.75, 3.05) is 45.4 Å². The van der Waals surface area contributed by atoms with Gasteiger partial charge in [-0.1, -0.05) is 11.3 Å². The van der Waals surface area contributed by atoms with Crippen LogP contribution in [0.15, 0.2) is 0 Å². The molecule has 0 amide bonds. The second-order valence-corrected chi connectivity index (χ2v) is 6.14. The van der Waals surface area contributed by atoms with Crippen molar-refractivity contribution < 1.29 is 9.47 Å². The van der Waals surface area contributed by atoms with Gasteiger partial charge < -0.3 is 20.1 Å². The van der Waals surface area contributed by atoms with Gasteiger partial charge in [0.15, 0.2) is 5.13 Å². The summed E-state index contributed by atoms with van der Waals surface area (Å²) in [5.41, 5.74) is 7.40. The predicted molar refractivity (Wildman–Crippen MR) is 82.6 cm³/mol. The van der Waals surface area contributed by atoms with Crippen LogP contribution in [0.3, 0.4) is 0 Å². The smallest absolute Gasteiger partial charge is 0.185 e. The maximum Gasteiger partial charge on any atom is 0.185 e. The van der Waals surface area contributed by atoms with Gasteiger partial charge in [0.05, 0.1) is 12.3 Å². The van der Waals surface area contributed by atoms with Crippen molar-refractivity contribution in [1.29, 1.82) is 0 Å². The van der Waals surface area contributed by atoms with Crippen LogP contribution < -0.4 is 10.6 Å². The Morgan fingerprint density at radius 3 is 2.80 bits per heavy atom. The van der Waals surface area contributed by atoms with Crippen LogP contribution in [0, 0.1) is 0 Å². The molecule has 1 aromatic heterocycles. The fraction of sp³-hybridized carbons (Fsp3) is 0.786. The molecule has 0 bridgehead atoms. The second kappa shape index (κ2) is 7.93. The Bertz CT molecular complexity index is 411. The topological polar surface area (TPSA) is 60.6 Å². The molecule has 1 atom stereocenters. The molecule has 0 saturated heterocycles. The predicted octanol–water partition coefficient (Wildman–Crippen LogP) is 1.97. The Labute approximate surface area is 125 Å². The van der Waals surface area contributed by atoms with Crippen molar-refractivity contribution in [3.8, 4) is 0 Å². The molecule has 20 heavy (non-hydrogen) atoms. The summed E-state index contributed by atoms with van der Waals surface area (Å²) in [4.78, 5) is 8.37. The maximum absolute atomic E-state index is 6.19. The van der Waals surface area contributed by atoms with Crippen molar-refractivity contribution in [2.24, 2.45) is 5.73 Å². The Morgan fingerprint density at radius 1 is 1.30 bits per heavy atom. The van der Waals surface area contributed by atoms with E-state index in [0.717, 1.165) is 50.5 Å². The summed E-state index contributed by atoms with van der Waals surface area (Å²) in [6, 6.07) is 0.174. The first-order valence-corrected chi connectivity index (χ1v) is 8.06. The quantitative estimate of drug-likeness (QED) is 0.744. The highest BCUT2D eigenvalue weighted by molar-refractivity contribution is 7.15. The normalized spacial score (nSPS) is 18.1. The molecule has 1 aliphatic rings. The standard InChI is InChI=1S/C14H25N3O2S/c1-18-9-4-7-17(8-10-19-2)14-16-12-6-3-5-11(15)13(12)20-14/h11H,3-10,15H2,1-2H3. The number of aryl methyl sites for hydroxylation is 1. The van der Waals surface area contributed by atoms with Crippen LogP contribution >= 0.6 is 11.3 Å². The van der Waals surface area contributed by atoms with Crippen molar-refractivity contribution in [1.82, 2.24) is 4.98 Å². The summed E-state index contributed by atoms with van der Waals surface area (Å²) in [5, 5.41) is 1.08. The number of fused-ring (bicyclic) bond motifs is 1. The number of aromatic nitrogens is 1. The second-order valence-electron chi connectivity index (χ2n) is 5.13. The summed E-state index contributed by atoms with van der Waals surface area (Å²) >= 11 is 1.75. The lowest BCUT2D eigenvalue weighted by atomic mass is 9.99. The Morgan fingerprint density at radius 2 is 2.10 bits per heavy atom. The molecule has 0 spiro atoms. The lowest BCUT2D eigenvalue weighted by Gasteiger charge is -2.21. The van der Waals surface area contributed by atoms with E-state index in [9.17, 15) is 0 Å². The van der Waals surface area contributed by atoms with E-state index in [-0.39, 0.29) is 6.04 Å². The molecule has 1 aliphatic carbocycles. The third-order valence-corrected chi connectivity index (χ3v) is 4.88. The zero-order chi connectivity index (χ0) is 14.4.